The van der Waals surface area contributed by atoms with Gasteiger partial charge in [0.25, 0.3) is 0 Å². The summed E-state index contributed by atoms with van der Waals surface area (Å²) >= 11 is 0. The van der Waals surface area contributed by atoms with Crippen LogP contribution in [0, 0.1) is 11.3 Å². The zero-order valence-corrected chi connectivity index (χ0v) is 12.6. The number of hydrogen-bond acceptors (Lipinski definition) is 4. The number of aliphatic hydroxyl groups excluding tert-OH is 1. The van der Waals surface area contributed by atoms with Crippen molar-refractivity contribution in [1.29, 1.82) is 5.26 Å². The van der Waals surface area contributed by atoms with Gasteiger partial charge in [0.05, 0.1) is 18.2 Å². The van der Waals surface area contributed by atoms with Crippen molar-refractivity contribution >= 4 is 0 Å². The highest BCUT2D eigenvalue weighted by Crippen LogP contribution is 2.36. The van der Waals surface area contributed by atoms with Crippen molar-refractivity contribution in [3.8, 4) is 6.07 Å². The number of halogens is 3. The summed E-state index contributed by atoms with van der Waals surface area (Å²) in [6.07, 6.45) is -4.66. The Balaban J connectivity index is 1.84. The van der Waals surface area contributed by atoms with Gasteiger partial charge in [-0.05, 0) is 36.2 Å². The monoisotopic (exact) mass is 336 g/mol. The lowest BCUT2D eigenvalue weighted by molar-refractivity contribution is -0.137. The number of benzene rings is 1. The first-order chi connectivity index (χ1) is 11.4. The molecule has 2 atom stereocenters. The number of likely N-dealkylation sites (tertiary alicyclic amines) is 1. The normalized spacial score (nSPS) is 21.8. The number of aliphatic hydroxyl groups is 1. The summed E-state index contributed by atoms with van der Waals surface area (Å²) in [5.41, 5.74) is -0.195. The molecule has 1 aromatic heterocycles. The maximum Gasteiger partial charge on any atom is 0.416 e. The average Bonchev–Trinajstić information content (AvgIpc) is 3.13. The van der Waals surface area contributed by atoms with E-state index in [2.05, 4.69) is 0 Å². The summed E-state index contributed by atoms with van der Waals surface area (Å²) in [7, 11) is 0. The largest absolute Gasteiger partial charge is 0.449 e. The van der Waals surface area contributed by atoms with E-state index in [-0.39, 0.29) is 11.8 Å². The summed E-state index contributed by atoms with van der Waals surface area (Å²) in [5, 5.41) is 18.7. The molecule has 0 bridgehead atoms. The van der Waals surface area contributed by atoms with Gasteiger partial charge < -0.3 is 9.52 Å². The fourth-order valence-corrected chi connectivity index (χ4v) is 3.05. The minimum atomic E-state index is -4.40. The molecule has 4 nitrogen and oxygen atoms in total. The zero-order chi connectivity index (χ0) is 17.3. The number of β-amino-alcohol motifs (C(OH)–C–C–N with tert-alkyl or cyclic N) is 1. The lowest BCUT2D eigenvalue weighted by Gasteiger charge is -2.24. The molecule has 0 saturated carbocycles. The van der Waals surface area contributed by atoms with Crippen LogP contribution in [0.15, 0.2) is 40.8 Å². The van der Waals surface area contributed by atoms with Crippen LogP contribution in [-0.2, 0) is 12.7 Å². The van der Waals surface area contributed by atoms with E-state index in [0.717, 1.165) is 12.1 Å². The summed E-state index contributed by atoms with van der Waals surface area (Å²) in [4.78, 5) is 1.86. The topological polar surface area (TPSA) is 60.4 Å². The molecule has 1 N–H and O–H groups in total. The predicted octanol–water partition coefficient (Wildman–Crippen LogP) is 3.48. The molecular weight excluding hydrogens is 321 g/mol. The van der Waals surface area contributed by atoms with Crippen molar-refractivity contribution in [2.75, 3.05) is 6.54 Å². The van der Waals surface area contributed by atoms with Gasteiger partial charge in [0.1, 0.15) is 11.8 Å². The molecular formula is C17H15F3N2O2. The van der Waals surface area contributed by atoms with Crippen molar-refractivity contribution in [3.63, 3.8) is 0 Å². The van der Waals surface area contributed by atoms with E-state index in [1.807, 2.05) is 11.0 Å². The average molecular weight is 336 g/mol. The molecule has 2 aromatic rings. The number of furan rings is 1. The molecule has 7 heteroatoms. The van der Waals surface area contributed by atoms with E-state index in [1.165, 1.54) is 6.07 Å². The Morgan fingerprint density at radius 3 is 2.75 bits per heavy atom. The van der Waals surface area contributed by atoms with E-state index >= 15 is 0 Å². The van der Waals surface area contributed by atoms with Crippen LogP contribution in [0.4, 0.5) is 13.2 Å². The fraction of sp³-hybridized carbons (Fsp3) is 0.353. The lowest BCUT2D eigenvalue weighted by Crippen LogP contribution is -2.24. The molecule has 1 aliphatic heterocycles. The predicted molar refractivity (Wildman–Crippen MR) is 78.6 cm³/mol. The third kappa shape index (κ3) is 3.45. The molecule has 24 heavy (non-hydrogen) atoms. The molecule has 0 spiro atoms. The van der Waals surface area contributed by atoms with Gasteiger partial charge in [0.2, 0.25) is 5.76 Å². The first kappa shape index (κ1) is 16.6. The second-order valence-corrected chi connectivity index (χ2v) is 5.84. The molecule has 0 radical (unpaired) electrons. The Morgan fingerprint density at radius 1 is 1.29 bits per heavy atom. The minimum absolute atomic E-state index is 0.181. The van der Waals surface area contributed by atoms with Gasteiger partial charge >= 0.3 is 6.18 Å². The fourth-order valence-electron chi connectivity index (χ4n) is 3.05. The second kappa shape index (κ2) is 6.30. The van der Waals surface area contributed by atoms with Crippen LogP contribution < -0.4 is 0 Å². The van der Waals surface area contributed by atoms with Crippen LogP contribution in [0.5, 0.6) is 0 Å². The minimum Gasteiger partial charge on any atom is -0.449 e. The maximum atomic E-state index is 12.9. The molecule has 1 fully saturated rings. The third-order valence-corrected chi connectivity index (χ3v) is 4.11. The maximum absolute atomic E-state index is 12.9. The van der Waals surface area contributed by atoms with Crippen molar-refractivity contribution in [1.82, 2.24) is 4.90 Å². The van der Waals surface area contributed by atoms with Crippen molar-refractivity contribution in [2.24, 2.45) is 0 Å². The van der Waals surface area contributed by atoms with Gasteiger partial charge in [-0.25, -0.2) is 0 Å². The SMILES string of the molecule is N#Cc1ccc(CN2CC(O)CC2c2cccc(C(F)(F)F)c2)o1. The first-order valence-electron chi connectivity index (χ1n) is 7.45. The number of nitriles is 1. The molecule has 1 aromatic carbocycles. The van der Waals surface area contributed by atoms with Gasteiger partial charge in [-0.2, -0.15) is 18.4 Å². The van der Waals surface area contributed by atoms with Crippen LogP contribution in [-0.4, -0.2) is 22.7 Å². The molecule has 3 rings (SSSR count). The van der Waals surface area contributed by atoms with E-state index < -0.39 is 17.8 Å². The molecule has 2 heterocycles. The Labute approximate surface area is 136 Å². The number of alkyl halides is 3. The van der Waals surface area contributed by atoms with Crippen LogP contribution in [0.2, 0.25) is 0 Å². The highest BCUT2D eigenvalue weighted by atomic mass is 19.4. The van der Waals surface area contributed by atoms with Crippen LogP contribution in [0.25, 0.3) is 0 Å². The standard InChI is InChI=1S/C17H15F3N2O2/c18-17(19,20)12-3-1-2-11(6-12)16-7-13(23)9-22(16)10-15-5-4-14(8-21)24-15/h1-6,13,16,23H,7,9-10H2. The lowest BCUT2D eigenvalue weighted by atomic mass is 10.0. The highest BCUT2D eigenvalue weighted by molar-refractivity contribution is 5.29. The third-order valence-electron chi connectivity index (χ3n) is 4.11. The highest BCUT2D eigenvalue weighted by Gasteiger charge is 2.35. The van der Waals surface area contributed by atoms with E-state index in [9.17, 15) is 18.3 Å². The Bertz CT molecular complexity index is 764. The van der Waals surface area contributed by atoms with E-state index in [4.69, 9.17) is 9.68 Å². The number of rotatable bonds is 3. The number of hydrogen-bond donors (Lipinski definition) is 1. The quantitative estimate of drug-likeness (QED) is 0.932. The van der Waals surface area contributed by atoms with Crippen LogP contribution in [0.3, 0.4) is 0 Å². The molecule has 126 valence electrons. The Kier molecular flexibility index (Phi) is 4.35. The van der Waals surface area contributed by atoms with Crippen LogP contribution in [0.1, 0.15) is 35.1 Å². The second-order valence-electron chi connectivity index (χ2n) is 5.84. The molecule has 0 aliphatic carbocycles. The number of nitrogens with zero attached hydrogens (tertiary/aromatic N) is 2. The van der Waals surface area contributed by atoms with Gasteiger partial charge in [0.15, 0.2) is 0 Å². The summed E-state index contributed by atoms with van der Waals surface area (Å²) in [6, 6.07) is 9.92. The summed E-state index contributed by atoms with van der Waals surface area (Å²) in [6.45, 7) is 0.656. The van der Waals surface area contributed by atoms with Gasteiger partial charge in [-0.15, -0.1) is 0 Å². The zero-order valence-electron chi connectivity index (χ0n) is 12.6. The smallest absolute Gasteiger partial charge is 0.416 e. The van der Waals surface area contributed by atoms with Gasteiger partial charge in [0, 0.05) is 12.6 Å². The Morgan fingerprint density at radius 2 is 2.08 bits per heavy atom. The van der Waals surface area contributed by atoms with Crippen molar-refractivity contribution in [3.05, 3.63) is 59.0 Å². The summed E-state index contributed by atoms with van der Waals surface area (Å²) in [5.74, 6) is 0.720. The summed E-state index contributed by atoms with van der Waals surface area (Å²) < 4.78 is 44.1. The van der Waals surface area contributed by atoms with Crippen molar-refractivity contribution in [2.45, 2.75) is 31.3 Å². The van der Waals surface area contributed by atoms with Crippen molar-refractivity contribution < 1.29 is 22.7 Å². The van der Waals surface area contributed by atoms with E-state index in [0.29, 0.717) is 30.8 Å². The van der Waals surface area contributed by atoms with Gasteiger partial charge in [-0.3, -0.25) is 4.90 Å². The Hall–Kier alpha value is -2.30. The molecule has 1 aliphatic rings. The molecule has 0 amide bonds. The van der Waals surface area contributed by atoms with Crippen LogP contribution >= 0.6 is 0 Å². The van der Waals surface area contributed by atoms with Gasteiger partial charge in [-0.1, -0.05) is 12.1 Å². The molecule has 1 saturated heterocycles. The molecule has 2 unspecified atom stereocenters. The van der Waals surface area contributed by atoms with E-state index in [1.54, 1.807) is 18.2 Å². The first-order valence-corrected chi connectivity index (χ1v) is 7.45.